The summed E-state index contributed by atoms with van der Waals surface area (Å²) in [6.07, 6.45) is -2.68. The monoisotopic (exact) mass is 265 g/mol. The summed E-state index contributed by atoms with van der Waals surface area (Å²) >= 11 is 2.91. The second kappa shape index (κ2) is 3.45. The minimum atomic E-state index is -2.68. The molecule has 14 heavy (non-hydrogen) atoms. The molecule has 74 valence electrons. The number of hydrogen-bond donors (Lipinski definition) is 0. The van der Waals surface area contributed by atoms with Crippen molar-refractivity contribution >= 4 is 15.9 Å². The normalized spacial score (nSPS) is 11.1. The summed E-state index contributed by atoms with van der Waals surface area (Å²) in [5.74, 6) is 0.00905. The van der Waals surface area contributed by atoms with Gasteiger partial charge in [-0.15, -0.1) is 10.2 Å². The molecule has 8 heteroatoms. The Bertz CT molecular complexity index is 442. The summed E-state index contributed by atoms with van der Waals surface area (Å²) in [5.41, 5.74) is -0.464. The summed E-state index contributed by atoms with van der Waals surface area (Å²) in [6, 6.07) is 1.05. The molecule has 2 aromatic rings. The fourth-order valence-corrected chi connectivity index (χ4v) is 1.03. The molecule has 0 fully saturated rings. The van der Waals surface area contributed by atoms with E-state index in [1.54, 1.807) is 0 Å². The van der Waals surface area contributed by atoms with Crippen LogP contribution < -0.4 is 0 Å². The molecular weight excluding hydrogens is 264 g/mol. The highest BCUT2D eigenvalue weighted by Gasteiger charge is 2.18. The van der Waals surface area contributed by atoms with E-state index >= 15 is 0 Å². The first kappa shape index (κ1) is 9.25. The van der Waals surface area contributed by atoms with Crippen LogP contribution in [0.15, 0.2) is 19.8 Å². The van der Waals surface area contributed by atoms with Crippen LogP contribution in [0.5, 0.6) is 0 Å². The van der Waals surface area contributed by atoms with Gasteiger partial charge in [0, 0.05) is 22.0 Å². The molecule has 0 spiro atoms. The van der Waals surface area contributed by atoms with Crippen molar-refractivity contribution in [3.05, 3.63) is 16.6 Å². The molecule has 5 nitrogen and oxygen atoms in total. The van der Waals surface area contributed by atoms with Gasteiger partial charge in [-0.25, -0.2) is 8.78 Å². The van der Waals surface area contributed by atoms with E-state index in [2.05, 4.69) is 35.8 Å². The van der Waals surface area contributed by atoms with Gasteiger partial charge in [0.2, 0.25) is 5.76 Å². The molecule has 0 saturated carbocycles. The van der Waals surface area contributed by atoms with E-state index in [1.807, 2.05) is 0 Å². The zero-order valence-electron chi connectivity index (χ0n) is 6.45. The van der Waals surface area contributed by atoms with Crippen LogP contribution in [0.1, 0.15) is 12.1 Å². The molecule has 0 N–H and O–H groups in total. The highest BCUT2D eigenvalue weighted by atomic mass is 79.9. The Morgan fingerprint density at radius 2 is 2.14 bits per heavy atom. The average molecular weight is 266 g/mol. The number of hydrogen-bond acceptors (Lipinski definition) is 5. The first-order valence-electron chi connectivity index (χ1n) is 3.41. The maximum atomic E-state index is 12.1. The SMILES string of the molecule is FC(F)c1cc(-c2nnc(Br)o2)on1. The standard InChI is InChI=1S/C6H2BrF2N3O2/c7-6-11-10-5(13-6)3-1-2(4(8)9)12-14-3/h1,4H. The zero-order chi connectivity index (χ0) is 10.1. The Kier molecular flexibility index (Phi) is 2.28. The molecule has 0 aliphatic carbocycles. The van der Waals surface area contributed by atoms with Gasteiger partial charge in [0.05, 0.1) is 0 Å². The topological polar surface area (TPSA) is 65.0 Å². The molecule has 2 aromatic heterocycles. The molecule has 0 bridgehead atoms. The first-order valence-corrected chi connectivity index (χ1v) is 4.20. The van der Waals surface area contributed by atoms with E-state index in [0.29, 0.717) is 0 Å². The summed E-state index contributed by atoms with van der Waals surface area (Å²) in [5, 5.41) is 10.1. The minimum absolute atomic E-state index is 0.00345. The molecule has 2 rings (SSSR count). The van der Waals surface area contributed by atoms with Crippen molar-refractivity contribution in [3.63, 3.8) is 0 Å². The van der Waals surface area contributed by atoms with Crippen molar-refractivity contribution in [3.8, 4) is 11.7 Å². The third-order valence-electron chi connectivity index (χ3n) is 1.36. The number of nitrogens with zero attached hydrogens (tertiary/aromatic N) is 3. The van der Waals surface area contributed by atoms with Gasteiger partial charge in [-0.2, -0.15) is 0 Å². The van der Waals surface area contributed by atoms with Crippen LogP contribution in [0, 0.1) is 0 Å². The van der Waals surface area contributed by atoms with E-state index in [-0.39, 0.29) is 16.5 Å². The van der Waals surface area contributed by atoms with Gasteiger partial charge < -0.3 is 8.94 Å². The highest BCUT2D eigenvalue weighted by molar-refractivity contribution is 9.10. The molecule has 0 unspecified atom stereocenters. The van der Waals surface area contributed by atoms with Crippen molar-refractivity contribution in [2.24, 2.45) is 0 Å². The summed E-state index contributed by atoms with van der Waals surface area (Å²) in [6.45, 7) is 0. The third kappa shape index (κ3) is 1.65. The Balaban J connectivity index is 2.33. The van der Waals surface area contributed by atoms with E-state index in [4.69, 9.17) is 4.42 Å². The van der Waals surface area contributed by atoms with Crippen LogP contribution in [0.3, 0.4) is 0 Å². The Hall–Kier alpha value is -1.31. The van der Waals surface area contributed by atoms with Gasteiger partial charge in [-0.05, 0) is 0 Å². The van der Waals surface area contributed by atoms with Gasteiger partial charge >= 0.3 is 0 Å². The lowest BCUT2D eigenvalue weighted by atomic mass is 10.4. The van der Waals surface area contributed by atoms with Crippen molar-refractivity contribution in [1.82, 2.24) is 15.4 Å². The number of rotatable bonds is 2. The largest absolute Gasteiger partial charge is 0.408 e. The maximum absolute atomic E-state index is 12.1. The van der Waals surface area contributed by atoms with Gasteiger partial charge in [-0.1, -0.05) is 5.16 Å². The number of alkyl halides is 2. The lowest BCUT2D eigenvalue weighted by Crippen LogP contribution is -1.80. The summed E-state index contributed by atoms with van der Waals surface area (Å²) < 4.78 is 33.7. The second-order valence-corrected chi connectivity index (χ2v) is 2.96. The van der Waals surface area contributed by atoms with Crippen LogP contribution in [-0.2, 0) is 0 Å². The molecule has 0 amide bonds. The fourth-order valence-electron chi connectivity index (χ4n) is 0.797. The lowest BCUT2D eigenvalue weighted by Gasteiger charge is -1.84. The van der Waals surface area contributed by atoms with E-state index in [0.717, 1.165) is 6.07 Å². The maximum Gasteiger partial charge on any atom is 0.287 e. The Labute approximate surface area is 84.2 Å². The lowest BCUT2D eigenvalue weighted by molar-refractivity contribution is 0.140. The Morgan fingerprint density at radius 1 is 1.36 bits per heavy atom. The van der Waals surface area contributed by atoms with Gasteiger partial charge in [-0.3, -0.25) is 0 Å². The smallest absolute Gasteiger partial charge is 0.287 e. The van der Waals surface area contributed by atoms with Crippen LogP contribution >= 0.6 is 15.9 Å². The van der Waals surface area contributed by atoms with Crippen molar-refractivity contribution in [1.29, 1.82) is 0 Å². The predicted octanol–water partition coefficient (Wildman–Crippen LogP) is 2.42. The number of aromatic nitrogens is 3. The third-order valence-corrected chi connectivity index (χ3v) is 1.68. The van der Waals surface area contributed by atoms with Crippen LogP contribution in [0.2, 0.25) is 0 Å². The van der Waals surface area contributed by atoms with E-state index in [1.165, 1.54) is 0 Å². The van der Waals surface area contributed by atoms with Crippen molar-refractivity contribution in [2.75, 3.05) is 0 Å². The molecule has 0 aromatic carbocycles. The van der Waals surface area contributed by atoms with Crippen LogP contribution in [-0.4, -0.2) is 15.4 Å². The molecule has 2 heterocycles. The van der Waals surface area contributed by atoms with Crippen molar-refractivity contribution < 1.29 is 17.7 Å². The molecule has 0 atom stereocenters. The van der Waals surface area contributed by atoms with Gasteiger partial charge in [0.1, 0.15) is 0 Å². The van der Waals surface area contributed by atoms with Gasteiger partial charge in [0.15, 0.2) is 5.69 Å². The van der Waals surface area contributed by atoms with Crippen LogP contribution in [0.4, 0.5) is 8.78 Å². The molecule has 0 aliphatic heterocycles. The first-order chi connectivity index (χ1) is 6.66. The summed E-state index contributed by atoms with van der Waals surface area (Å²) in [7, 11) is 0. The van der Waals surface area contributed by atoms with Crippen LogP contribution in [0.25, 0.3) is 11.7 Å². The summed E-state index contributed by atoms with van der Waals surface area (Å²) in [4.78, 5) is 0.141. The minimum Gasteiger partial charge on any atom is -0.408 e. The zero-order valence-corrected chi connectivity index (χ0v) is 8.03. The van der Waals surface area contributed by atoms with Crippen molar-refractivity contribution in [2.45, 2.75) is 6.43 Å². The van der Waals surface area contributed by atoms with E-state index < -0.39 is 12.1 Å². The van der Waals surface area contributed by atoms with Gasteiger partial charge in [0.25, 0.3) is 17.1 Å². The molecular formula is C6H2BrF2N3O2. The number of halogens is 3. The quantitative estimate of drug-likeness (QED) is 0.835. The van der Waals surface area contributed by atoms with E-state index in [9.17, 15) is 8.78 Å². The fraction of sp³-hybridized carbons (Fsp3) is 0.167. The predicted molar refractivity (Wildman–Crippen MR) is 42.5 cm³/mol. The molecule has 0 radical (unpaired) electrons. The average Bonchev–Trinajstić information content (AvgIpc) is 2.70. The molecule has 0 aliphatic rings. The molecule has 0 saturated heterocycles. The highest BCUT2D eigenvalue weighted by Crippen LogP contribution is 2.25. The Morgan fingerprint density at radius 3 is 2.64 bits per heavy atom. The second-order valence-electron chi connectivity index (χ2n) is 2.28.